The molecule has 0 radical (unpaired) electrons. The fourth-order valence-corrected chi connectivity index (χ4v) is 2.31. The van der Waals surface area contributed by atoms with Gasteiger partial charge in [0.15, 0.2) is 0 Å². The molecule has 0 bridgehead atoms. The van der Waals surface area contributed by atoms with Crippen molar-refractivity contribution >= 4 is 5.91 Å². The van der Waals surface area contributed by atoms with E-state index in [2.05, 4.69) is 5.32 Å². The third kappa shape index (κ3) is 3.02. The van der Waals surface area contributed by atoms with E-state index in [1.165, 1.54) is 36.4 Å². The summed E-state index contributed by atoms with van der Waals surface area (Å²) in [5.74, 6) is -0.324. The Bertz CT molecular complexity index is 670. The van der Waals surface area contributed by atoms with Gasteiger partial charge < -0.3 is 10.1 Å². The molecule has 0 fully saturated rings. The van der Waals surface area contributed by atoms with Crippen LogP contribution >= 0.6 is 0 Å². The molecule has 0 aromatic heterocycles. The molecule has 0 saturated carbocycles. The van der Waals surface area contributed by atoms with Crippen molar-refractivity contribution in [3.63, 3.8) is 0 Å². The molecule has 1 aliphatic heterocycles. The first-order chi connectivity index (χ1) is 10.1. The van der Waals surface area contributed by atoms with Crippen molar-refractivity contribution < 1.29 is 18.3 Å². The Morgan fingerprint density at radius 2 is 1.86 bits per heavy atom. The summed E-state index contributed by atoms with van der Waals surface area (Å²) in [7, 11) is 0. The van der Waals surface area contributed by atoms with E-state index in [0.29, 0.717) is 24.3 Å². The molecule has 1 heterocycles. The van der Waals surface area contributed by atoms with Crippen LogP contribution in [0, 0.1) is 11.6 Å². The predicted molar refractivity (Wildman–Crippen MR) is 73.3 cm³/mol. The Morgan fingerprint density at radius 1 is 1.14 bits per heavy atom. The lowest BCUT2D eigenvalue weighted by Gasteiger charge is -2.11. The van der Waals surface area contributed by atoms with Gasteiger partial charge in [0.1, 0.15) is 23.5 Å². The number of fused-ring (bicyclic) bond motifs is 1. The average Bonchev–Trinajstić information content (AvgIpc) is 2.87. The van der Waals surface area contributed by atoms with Gasteiger partial charge in [0.05, 0.1) is 6.54 Å². The summed E-state index contributed by atoms with van der Waals surface area (Å²) in [5, 5.41) is 2.73. The summed E-state index contributed by atoms with van der Waals surface area (Å²) in [6, 6.07) is 9.69. The molecule has 0 aliphatic carbocycles. The zero-order valence-electron chi connectivity index (χ0n) is 11.1. The summed E-state index contributed by atoms with van der Waals surface area (Å²) < 4.78 is 31.5. The van der Waals surface area contributed by atoms with Gasteiger partial charge >= 0.3 is 0 Å². The molecule has 1 amide bonds. The fourth-order valence-electron chi connectivity index (χ4n) is 2.31. The minimum atomic E-state index is -0.386. The first kappa shape index (κ1) is 13.5. The number of hydrogen-bond donors (Lipinski definition) is 1. The number of halogens is 2. The normalized spacial score (nSPS) is 16.2. The minimum Gasteiger partial charge on any atom is -0.488 e. The molecule has 1 N–H and O–H groups in total. The third-order valence-corrected chi connectivity index (χ3v) is 3.36. The summed E-state index contributed by atoms with van der Waals surface area (Å²) in [5.41, 5.74) is 1.19. The second kappa shape index (κ2) is 5.52. The van der Waals surface area contributed by atoms with Crippen LogP contribution in [0.1, 0.15) is 15.9 Å². The molecular weight excluding hydrogens is 276 g/mol. The Hall–Kier alpha value is -2.43. The zero-order valence-corrected chi connectivity index (χ0v) is 11.1. The summed E-state index contributed by atoms with van der Waals surface area (Å²) in [6.45, 7) is 0.312. The molecular formula is C16H13F2NO2. The van der Waals surface area contributed by atoms with Gasteiger partial charge in [-0.15, -0.1) is 0 Å². The van der Waals surface area contributed by atoms with E-state index in [0.717, 1.165) is 5.56 Å². The summed E-state index contributed by atoms with van der Waals surface area (Å²) in [6.07, 6.45) is 0.336. The van der Waals surface area contributed by atoms with Gasteiger partial charge in [-0.2, -0.15) is 0 Å². The summed E-state index contributed by atoms with van der Waals surface area (Å²) >= 11 is 0. The van der Waals surface area contributed by atoms with Crippen LogP contribution in [-0.4, -0.2) is 18.6 Å². The van der Waals surface area contributed by atoms with Gasteiger partial charge in [-0.05, 0) is 42.5 Å². The van der Waals surface area contributed by atoms with Crippen LogP contribution in [-0.2, 0) is 6.42 Å². The van der Waals surface area contributed by atoms with E-state index in [1.54, 1.807) is 6.07 Å². The van der Waals surface area contributed by atoms with Crippen LogP contribution in [0.3, 0.4) is 0 Å². The SMILES string of the molecule is O=C(NCC1Cc2cc(F)ccc2O1)c1ccc(F)cc1. The molecule has 2 aromatic rings. The van der Waals surface area contributed by atoms with Crippen molar-refractivity contribution in [1.82, 2.24) is 5.32 Å². The van der Waals surface area contributed by atoms with Crippen LogP contribution in [0.25, 0.3) is 0 Å². The number of carbonyl (C=O) groups is 1. The van der Waals surface area contributed by atoms with Crippen molar-refractivity contribution in [2.24, 2.45) is 0 Å². The molecule has 5 heteroatoms. The standard InChI is InChI=1S/C16H13F2NO2/c17-12-3-1-10(2-4-12)16(20)19-9-14-8-11-7-13(18)5-6-15(11)21-14/h1-7,14H,8-9H2,(H,19,20). The molecule has 3 rings (SSSR count). The van der Waals surface area contributed by atoms with Gasteiger partial charge in [-0.1, -0.05) is 0 Å². The maximum absolute atomic E-state index is 13.1. The molecule has 1 aliphatic rings. The molecule has 1 unspecified atom stereocenters. The number of benzene rings is 2. The highest BCUT2D eigenvalue weighted by Crippen LogP contribution is 2.28. The molecule has 2 aromatic carbocycles. The van der Waals surface area contributed by atoms with Crippen molar-refractivity contribution in [2.45, 2.75) is 12.5 Å². The molecule has 1 atom stereocenters. The molecule has 108 valence electrons. The van der Waals surface area contributed by atoms with Crippen molar-refractivity contribution in [3.8, 4) is 5.75 Å². The first-order valence-corrected chi connectivity index (χ1v) is 6.60. The number of nitrogens with one attached hydrogen (secondary N) is 1. The van der Waals surface area contributed by atoms with Gasteiger partial charge in [0.2, 0.25) is 0 Å². The Balaban J connectivity index is 1.57. The Labute approximate surface area is 120 Å². The van der Waals surface area contributed by atoms with Crippen LogP contribution in [0.4, 0.5) is 8.78 Å². The Kier molecular flexibility index (Phi) is 3.56. The molecule has 3 nitrogen and oxygen atoms in total. The molecule has 21 heavy (non-hydrogen) atoms. The van der Waals surface area contributed by atoms with Crippen molar-refractivity contribution in [3.05, 3.63) is 65.2 Å². The second-order valence-electron chi connectivity index (χ2n) is 4.91. The maximum Gasteiger partial charge on any atom is 0.251 e. The van der Waals surface area contributed by atoms with E-state index in [9.17, 15) is 13.6 Å². The lowest BCUT2D eigenvalue weighted by Crippen LogP contribution is -2.34. The van der Waals surface area contributed by atoms with E-state index >= 15 is 0 Å². The van der Waals surface area contributed by atoms with E-state index in [1.807, 2.05) is 0 Å². The lowest BCUT2D eigenvalue weighted by atomic mass is 10.1. The number of rotatable bonds is 3. The van der Waals surface area contributed by atoms with Gasteiger partial charge in [0.25, 0.3) is 5.91 Å². The fraction of sp³-hybridized carbons (Fsp3) is 0.188. The highest BCUT2D eigenvalue weighted by Gasteiger charge is 2.23. The largest absolute Gasteiger partial charge is 0.488 e. The lowest BCUT2D eigenvalue weighted by molar-refractivity contribution is 0.0933. The smallest absolute Gasteiger partial charge is 0.251 e. The summed E-state index contributed by atoms with van der Waals surface area (Å²) in [4.78, 5) is 11.9. The van der Waals surface area contributed by atoms with Crippen LogP contribution < -0.4 is 10.1 Å². The first-order valence-electron chi connectivity index (χ1n) is 6.60. The average molecular weight is 289 g/mol. The predicted octanol–water partition coefficient (Wildman–Crippen LogP) is 2.70. The van der Waals surface area contributed by atoms with Gasteiger partial charge in [-0.3, -0.25) is 4.79 Å². The van der Waals surface area contributed by atoms with Gasteiger partial charge in [-0.25, -0.2) is 8.78 Å². The van der Waals surface area contributed by atoms with Crippen LogP contribution in [0.5, 0.6) is 5.75 Å². The Morgan fingerprint density at radius 3 is 2.62 bits per heavy atom. The zero-order chi connectivity index (χ0) is 14.8. The van der Waals surface area contributed by atoms with Crippen LogP contribution in [0.2, 0.25) is 0 Å². The van der Waals surface area contributed by atoms with Crippen molar-refractivity contribution in [2.75, 3.05) is 6.54 Å². The third-order valence-electron chi connectivity index (χ3n) is 3.36. The number of hydrogen-bond acceptors (Lipinski definition) is 2. The van der Waals surface area contributed by atoms with Gasteiger partial charge in [0, 0.05) is 17.5 Å². The van der Waals surface area contributed by atoms with Crippen molar-refractivity contribution in [1.29, 1.82) is 0 Å². The number of carbonyl (C=O) groups excluding carboxylic acids is 1. The van der Waals surface area contributed by atoms with E-state index in [4.69, 9.17) is 4.74 Å². The minimum absolute atomic E-state index is 0.216. The number of amides is 1. The quantitative estimate of drug-likeness (QED) is 0.943. The van der Waals surface area contributed by atoms with E-state index < -0.39 is 0 Å². The highest BCUT2D eigenvalue weighted by atomic mass is 19.1. The second-order valence-corrected chi connectivity index (χ2v) is 4.91. The van der Waals surface area contributed by atoms with E-state index in [-0.39, 0.29) is 23.6 Å². The monoisotopic (exact) mass is 289 g/mol. The topological polar surface area (TPSA) is 38.3 Å². The molecule has 0 spiro atoms. The number of ether oxygens (including phenoxy) is 1. The maximum atomic E-state index is 13.1. The van der Waals surface area contributed by atoms with Crippen LogP contribution in [0.15, 0.2) is 42.5 Å². The molecule has 0 saturated heterocycles. The highest BCUT2D eigenvalue weighted by molar-refractivity contribution is 5.94.